The van der Waals surface area contributed by atoms with Crippen LogP contribution < -0.4 is 16.4 Å². The van der Waals surface area contributed by atoms with Crippen molar-refractivity contribution >= 4 is 17.8 Å². The number of fused-ring (bicyclic) bond motifs is 2. The van der Waals surface area contributed by atoms with Crippen LogP contribution in [0, 0.1) is 71.1 Å². The molecule has 7 rings (SSSR count). The number of piperidine rings is 2. The summed E-state index contributed by atoms with van der Waals surface area (Å²) in [5.74, 6) is 9.04. The molecule has 5 fully saturated rings. The van der Waals surface area contributed by atoms with Crippen LogP contribution in [-0.4, -0.2) is 101 Å². The number of nitrogens with zero attached hydrogens (tertiary/aromatic N) is 1. The van der Waals surface area contributed by atoms with Crippen LogP contribution in [0.25, 0.3) is 0 Å². The highest BCUT2D eigenvalue weighted by molar-refractivity contribution is 5.89. The Morgan fingerprint density at radius 3 is 2.57 bits per heavy atom. The molecule has 0 amide bonds. The lowest BCUT2D eigenvalue weighted by Gasteiger charge is -2.42. The van der Waals surface area contributed by atoms with Crippen molar-refractivity contribution < 1.29 is 34.8 Å². The van der Waals surface area contributed by atoms with Gasteiger partial charge in [-0.25, -0.2) is 0 Å². The van der Waals surface area contributed by atoms with Crippen molar-refractivity contribution in [2.75, 3.05) is 20.2 Å². The van der Waals surface area contributed by atoms with Gasteiger partial charge in [0.05, 0.1) is 42.8 Å². The van der Waals surface area contributed by atoms with Crippen LogP contribution >= 0.6 is 0 Å². The minimum Gasteiger partial charge on any atom is -0.391 e. The van der Waals surface area contributed by atoms with Gasteiger partial charge in [0.25, 0.3) is 0 Å². The number of ether oxygens (including phenoxy) is 1. The van der Waals surface area contributed by atoms with E-state index in [1.807, 2.05) is 18.8 Å². The fourth-order valence-electron chi connectivity index (χ4n) is 12.0. The maximum Gasteiger partial charge on any atom is 0.176 e. The maximum absolute atomic E-state index is 14.2. The van der Waals surface area contributed by atoms with Crippen molar-refractivity contribution in [1.82, 2.24) is 10.6 Å². The Labute approximate surface area is 334 Å². The van der Waals surface area contributed by atoms with Crippen molar-refractivity contribution in [3.05, 3.63) is 18.2 Å². The molecule has 0 aromatic heterocycles. The van der Waals surface area contributed by atoms with Gasteiger partial charge in [-0.3, -0.25) is 9.59 Å². The van der Waals surface area contributed by atoms with Gasteiger partial charge in [-0.15, -0.1) is 4.99 Å². The van der Waals surface area contributed by atoms with Crippen LogP contribution in [0.1, 0.15) is 116 Å². The molecule has 4 aliphatic carbocycles. The van der Waals surface area contributed by atoms with Gasteiger partial charge in [-0.05, 0) is 131 Å². The summed E-state index contributed by atoms with van der Waals surface area (Å²) >= 11 is 0. The van der Waals surface area contributed by atoms with E-state index < -0.39 is 29.8 Å². The second-order valence-electron chi connectivity index (χ2n) is 19.0. The number of methoxy groups -OCH3 is 1. The number of rotatable bonds is 12. The van der Waals surface area contributed by atoms with Crippen molar-refractivity contribution in [3.8, 4) is 11.8 Å². The summed E-state index contributed by atoms with van der Waals surface area (Å²) in [7, 11) is 1.62. The zero-order chi connectivity index (χ0) is 39.4. The first kappa shape index (κ1) is 42.0. The van der Waals surface area contributed by atoms with Crippen LogP contribution in [0.5, 0.6) is 0 Å². The first-order valence-corrected chi connectivity index (χ1v) is 22.1. The average molecular weight is 778 g/mol. The van der Waals surface area contributed by atoms with Crippen LogP contribution in [0.4, 0.5) is 0 Å². The van der Waals surface area contributed by atoms with Gasteiger partial charge in [-0.1, -0.05) is 18.3 Å². The van der Waals surface area contributed by atoms with E-state index in [9.17, 15) is 30.0 Å². The van der Waals surface area contributed by atoms with Gasteiger partial charge in [0.1, 0.15) is 23.3 Å². The normalized spacial score (nSPS) is 42.5. The van der Waals surface area contributed by atoms with E-state index in [0.29, 0.717) is 99.2 Å². The Balaban J connectivity index is 1.01. The number of aliphatic hydroxyl groups excluding tert-OH is 4. The summed E-state index contributed by atoms with van der Waals surface area (Å²) in [4.78, 5) is 30.4. The van der Waals surface area contributed by atoms with Crippen LogP contribution in [0.15, 0.2) is 16.6 Å². The minimum atomic E-state index is -1.14. The number of aliphatic imine (C=N–C) groups is 1. The molecule has 7 aliphatic rings. The average Bonchev–Trinajstić information content (AvgIpc) is 3.72. The third-order valence-electron chi connectivity index (χ3n) is 15.5. The van der Waals surface area contributed by atoms with Gasteiger partial charge in [0, 0.05) is 51.3 Å². The number of nitrogens with two attached hydrogens (primary N) is 1. The summed E-state index contributed by atoms with van der Waals surface area (Å²) in [6.45, 7) is 3.56. The van der Waals surface area contributed by atoms with Gasteiger partial charge >= 0.3 is 0 Å². The second kappa shape index (κ2) is 18.8. The first-order chi connectivity index (χ1) is 27.0. The molecule has 16 atom stereocenters. The minimum absolute atomic E-state index is 0.0117. The lowest BCUT2D eigenvalue weighted by Crippen LogP contribution is -2.49. The SMILES string of the molecule is COC1CC2CCC(=O)[C@]3(C#C[C@H](C[C@H](O)[C@H](O)CCC4CC(N)NCC4CC4=C[CH+]N=C4)C2CC1O)CC[C@H](CC[C@H]1CN[C@@H]2CC(=O)CC[C@H]2C1)C[C@H]3O. The molecular weight excluding hydrogens is 709 g/mol. The zero-order valence-corrected chi connectivity index (χ0v) is 33.6. The van der Waals surface area contributed by atoms with Crippen LogP contribution in [-0.2, 0) is 14.3 Å². The van der Waals surface area contributed by atoms with Crippen molar-refractivity contribution in [2.24, 2.45) is 63.5 Å². The molecule has 11 heteroatoms. The molecule has 3 saturated carbocycles. The molecule has 1 spiro atoms. The van der Waals surface area contributed by atoms with E-state index in [1.165, 1.54) is 5.57 Å². The highest BCUT2D eigenvalue weighted by Gasteiger charge is 2.49. The number of allylic oxidation sites excluding steroid dienone is 1. The largest absolute Gasteiger partial charge is 0.391 e. The summed E-state index contributed by atoms with van der Waals surface area (Å²) in [5.41, 5.74) is 6.36. The second-order valence-corrected chi connectivity index (χ2v) is 19.0. The monoisotopic (exact) mass is 778 g/mol. The number of aliphatic hydroxyl groups is 4. The Bertz CT molecular complexity index is 1490. The fraction of sp³-hybridized carbons (Fsp3) is 0.822. The zero-order valence-electron chi connectivity index (χ0n) is 33.6. The van der Waals surface area contributed by atoms with E-state index in [4.69, 9.17) is 10.5 Å². The van der Waals surface area contributed by atoms with Gasteiger partial charge < -0.3 is 41.5 Å². The number of nitrogens with one attached hydrogen (secondary N) is 2. The Hall–Kier alpha value is -2.14. The molecule has 56 heavy (non-hydrogen) atoms. The number of carbonyl (C=O) groups is 2. The van der Waals surface area contributed by atoms with Crippen LogP contribution in [0.2, 0.25) is 0 Å². The number of hydrogen-bond acceptors (Lipinski definition) is 11. The maximum atomic E-state index is 14.2. The van der Waals surface area contributed by atoms with Crippen LogP contribution in [0.3, 0.4) is 0 Å². The highest BCUT2D eigenvalue weighted by Crippen LogP contribution is 2.47. The lowest BCUT2D eigenvalue weighted by molar-refractivity contribution is -0.135. The topological polar surface area (TPSA) is 187 Å². The van der Waals surface area contributed by atoms with Crippen molar-refractivity contribution in [2.45, 2.75) is 158 Å². The molecule has 3 aliphatic heterocycles. The van der Waals surface area contributed by atoms with E-state index >= 15 is 0 Å². The summed E-state index contributed by atoms with van der Waals surface area (Å²) in [6, 6.07) is 0.337. The predicted octanol–water partition coefficient (Wildman–Crippen LogP) is 3.61. The molecule has 310 valence electrons. The third kappa shape index (κ3) is 9.82. The molecule has 0 bridgehead atoms. The molecular formula is C45H69N4O7+. The van der Waals surface area contributed by atoms with E-state index in [-0.39, 0.29) is 42.2 Å². The van der Waals surface area contributed by atoms with Crippen molar-refractivity contribution in [3.63, 3.8) is 0 Å². The molecule has 0 aromatic carbocycles. The van der Waals surface area contributed by atoms with E-state index in [0.717, 1.165) is 64.5 Å². The van der Waals surface area contributed by atoms with Gasteiger partial charge in [0.15, 0.2) is 12.0 Å². The third-order valence-corrected chi connectivity index (χ3v) is 15.5. The molecule has 7 unspecified atom stereocenters. The summed E-state index contributed by atoms with van der Waals surface area (Å²) < 4.78 is 5.68. The predicted molar refractivity (Wildman–Crippen MR) is 215 cm³/mol. The molecule has 8 N–H and O–H groups in total. The molecule has 11 nitrogen and oxygen atoms in total. The lowest BCUT2D eigenvalue weighted by atomic mass is 9.64. The molecule has 2 saturated heterocycles. The number of ketones is 2. The first-order valence-electron chi connectivity index (χ1n) is 22.1. The Morgan fingerprint density at radius 1 is 0.964 bits per heavy atom. The Kier molecular flexibility index (Phi) is 14.1. The number of Topliss-reactive ketones (excluding diaryl/α,β-unsaturated/α-hetero) is 2. The van der Waals surface area contributed by atoms with E-state index in [1.54, 1.807) is 7.11 Å². The standard InChI is InChI=1S/C45H69N4O7/c1-56-41-20-31-6-9-42(54)45(13-10-27(18-43(45)55)2-3-28-16-33-4-7-35(50)22-37(33)48-25-28)14-11-32(36(31)23-40(41)53)19-39(52)38(51)8-5-30-21-44(46)49-26-34(30)17-29-12-15-47-24-29/h12,15,24,27-28,30-34,36-41,43-44,48-49,51-53,55H,2-10,13,16-23,25-26,46H2,1H3/q+1/t27-,28+,30?,31?,32+,33-,34?,36?,37+,38+,39-,40?,41?,43+,44?,45+/m0/s1. The molecule has 3 heterocycles. The van der Waals surface area contributed by atoms with Gasteiger partial charge in [0.2, 0.25) is 0 Å². The van der Waals surface area contributed by atoms with Gasteiger partial charge in [-0.2, -0.15) is 0 Å². The van der Waals surface area contributed by atoms with E-state index in [2.05, 4.69) is 27.5 Å². The number of carbonyl (C=O) groups excluding carboxylic acids is 2. The van der Waals surface area contributed by atoms with Crippen molar-refractivity contribution in [1.29, 1.82) is 0 Å². The fourth-order valence-corrected chi connectivity index (χ4v) is 12.0. The quantitative estimate of drug-likeness (QED) is 0.114. The summed E-state index contributed by atoms with van der Waals surface area (Å²) in [6.07, 6.45) is 12.7. The highest BCUT2D eigenvalue weighted by atomic mass is 16.5. The molecule has 0 radical (unpaired) electrons. The summed E-state index contributed by atoms with van der Waals surface area (Å²) in [5, 5.41) is 53.1. The smallest absolute Gasteiger partial charge is 0.176 e. The Morgan fingerprint density at radius 2 is 1.79 bits per heavy atom. The molecule has 0 aromatic rings. The number of hydrogen-bond donors (Lipinski definition) is 7.